The fourth-order valence-corrected chi connectivity index (χ4v) is 4.05. The van der Waals surface area contributed by atoms with Crippen LogP contribution in [0.15, 0.2) is 42.7 Å². The van der Waals surface area contributed by atoms with Crippen LogP contribution in [0.5, 0.6) is 5.75 Å². The summed E-state index contributed by atoms with van der Waals surface area (Å²) in [5.41, 5.74) is 1.87. The van der Waals surface area contributed by atoms with Crippen LogP contribution in [0.1, 0.15) is 19.3 Å². The molecule has 1 aliphatic rings. The van der Waals surface area contributed by atoms with Crippen molar-refractivity contribution < 1.29 is 18.7 Å². The van der Waals surface area contributed by atoms with Crippen LogP contribution in [-0.2, 0) is 9.53 Å². The van der Waals surface area contributed by atoms with Gasteiger partial charge in [-0.2, -0.15) is 0 Å². The Labute approximate surface area is 198 Å². The van der Waals surface area contributed by atoms with E-state index in [1.165, 1.54) is 12.4 Å². The van der Waals surface area contributed by atoms with E-state index in [-0.39, 0.29) is 11.3 Å². The van der Waals surface area contributed by atoms with Gasteiger partial charge in [-0.3, -0.25) is 4.79 Å². The lowest BCUT2D eigenvalue weighted by Gasteiger charge is -2.28. The number of methoxy groups -OCH3 is 1. The monoisotopic (exact) mass is 467 g/mol. The zero-order chi connectivity index (χ0) is 23.9. The first-order valence-corrected chi connectivity index (χ1v) is 11.4. The van der Waals surface area contributed by atoms with Crippen molar-refractivity contribution >= 4 is 34.0 Å². The quantitative estimate of drug-likeness (QED) is 0.456. The molecule has 0 unspecified atom stereocenters. The summed E-state index contributed by atoms with van der Waals surface area (Å²) in [6.45, 7) is 2.81. The molecule has 3 aromatic rings. The molecular weight excluding hydrogens is 437 g/mol. The first-order valence-electron chi connectivity index (χ1n) is 11.4. The number of ether oxygens (including phenoxy) is 2. The van der Waals surface area contributed by atoms with Gasteiger partial charge in [0, 0.05) is 37.0 Å². The van der Waals surface area contributed by atoms with Crippen molar-refractivity contribution in [2.24, 2.45) is 5.92 Å². The number of likely N-dealkylation sites (tertiary alicyclic amines) is 1. The van der Waals surface area contributed by atoms with Gasteiger partial charge in [-0.1, -0.05) is 0 Å². The second-order valence-corrected chi connectivity index (χ2v) is 8.56. The van der Waals surface area contributed by atoms with E-state index in [0.717, 1.165) is 31.6 Å². The summed E-state index contributed by atoms with van der Waals surface area (Å²) in [6, 6.07) is 10.3. The molecule has 180 valence electrons. The maximum Gasteiger partial charge on any atom is 0.224 e. The van der Waals surface area contributed by atoms with Crippen LogP contribution in [0.3, 0.4) is 0 Å². The Morgan fingerprint density at radius 1 is 1.12 bits per heavy atom. The molecule has 1 fully saturated rings. The minimum Gasteiger partial charge on any atom is -0.491 e. The van der Waals surface area contributed by atoms with Crippen molar-refractivity contribution in [1.29, 1.82) is 0 Å². The van der Waals surface area contributed by atoms with E-state index >= 15 is 0 Å². The number of rotatable bonds is 9. The number of carbonyl (C=O) groups excluding carboxylic acids is 1. The van der Waals surface area contributed by atoms with E-state index in [9.17, 15) is 9.18 Å². The second-order valence-electron chi connectivity index (χ2n) is 8.56. The first kappa shape index (κ1) is 23.8. The molecule has 34 heavy (non-hydrogen) atoms. The molecular formula is C25H30FN5O3. The van der Waals surface area contributed by atoms with Gasteiger partial charge in [-0.05, 0) is 63.2 Å². The summed E-state index contributed by atoms with van der Waals surface area (Å²) in [4.78, 5) is 23.1. The molecule has 1 saturated heterocycles. The maximum atomic E-state index is 14.9. The highest BCUT2D eigenvalue weighted by atomic mass is 19.1. The fourth-order valence-electron chi connectivity index (χ4n) is 4.05. The van der Waals surface area contributed by atoms with Gasteiger partial charge in [-0.15, -0.1) is 0 Å². The average Bonchev–Trinajstić information content (AvgIpc) is 2.82. The number of piperidine rings is 1. The van der Waals surface area contributed by atoms with Gasteiger partial charge in [0.05, 0.1) is 17.5 Å². The van der Waals surface area contributed by atoms with Crippen molar-refractivity contribution in [2.45, 2.75) is 19.3 Å². The largest absolute Gasteiger partial charge is 0.491 e. The zero-order valence-electron chi connectivity index (χ0n) is 19.5. The SMILES string of the molecule is COCCOc1cc(F)c2c(Nc3ccc(NC(=O)CC4CCN(C)CC4)cc3)ncnc2c1. The van der Waals surface area contributed by atoms with Gasteiger partial charge >= 0.3 is 0 Å². The van der Waals surface area contributed by atoms with Crippen molar-refractivity contribution in [3.63, 3.8) is 0 Å². The smallest absolute Gasteiger partial charge is 0.224 e. The molecule has 0 radical (unpaired) electrons. The van der Waals surface area contributed by atoms with Crippen molar-refractivity contribution in [2.75, 3.05) is 51.1 Å². The predicted molar refractivity (Wildman–Crippen MR) is 130 cm³/mol. The Morgan fingerprint density at radius 3 is 2.59 bits per heavy atom. The van der Waals surface area contributed by atoms with E-state index in [2.05, 4.69) is 32.5 Å². The van der Waals surface area contributed by atoms with Crippen molar-refractivity contribution in [3.8, 4) is 5.75 Å². The standard InChI is InChI=1S/C25H30FN5O3/c1-31-9-7-17(8-10-31)13-23(32)29-18-3-5-19(6-4-18)30-25-24-21(26)14-20(34-12-11-33-2)15-22(24)27-16-28-25/h3-6,14-17H,7-13H2,1-2H3,(H,29,32)(H,27,28,30). The third-order valence-electron chi connectivity index (χ3n) is 5.96. The normalized spacial score (nSPS) is 14.8. The summed E-state index contributed by atoms with van der Waals surface area (Å²) < 4.78 is 25.3. The molecule has 2 aromatic carbocycles. The van der Waals surface area contributed by atoms with Crippen molar-refractivity contribution in [1.82, 2.24) is 14.9 Å². The number of carbonyl (C=O) groups is 1. The first-order chi connectivity index (χ1) is 16.5. The Balaban J connectivity index is 1.40. The number of nitrogens with one attached hydrogen (secondary N) is 2. The van der Waals surface area contributed by atoms with E-state index in [1.807, 2.05) is 24.3 Å². The molecule has 2 N–H and O–H groups in total. The molecule has 0 atom stereocenters. The molecule has 0 spiro atoms. The summed E-state index contributed by atoms with van der Waals surface area (Å²) in [5.74, 6) is 0.717. The third-order valence-corrected chi connectivity index (χ3v) is 5.96. The minimum atomic E-state index is -0.481. The Bertz CT molecular complexity index is 1120. The number of fused-ring (bicyclic) bond motifs is 1. The number of amides is 1. The second kappa shape index (κ2) is 11.2. The molecule has 0 saturated carbocycles. The average molecular weight is 468 g/mol. The lowest BCUT2D eigenvalue weighted by Crippen LogP contribution is -2.31. The van der Waals surface area contributed by atoms with Crippen molar-refractivity contribution in [3.05, 3.63) is 48.5 Å². The maximum absolute atomic E-state index is 14.9. The molecule has 1 amide bonds. The van der Waals surface area contributed by atoms with Crippen LogP contribution >= 0.6 is 0 Å². The minimum absolute atomic E-state index is 0.0302. The summed E-state index contributed by atoms with van der Waals surface area (Å²) >= 11 is 0. The Kier molecular flexibility index (Phi) is 7.87. The van der Waals surface area contributed by atoms with Crippen LogP contribution in [-0.4, -0.2) is 61.2 Å². The van der Waals surface area contributed by atoms with Crippen LogP contribution < -0.4 is 15.4 Å². The zero-order valence-corrected chi connectivity index (χ0v) is 19.5. The number of hydrogen-bond donors (Lipinski definition) is 2. The van der Waals surface area contributed by atoms with Crippen LogP contribution in [0.4, 0.5) is 21.6 Å². The molecule has 1 aromatic heterocycles. The molecule has 2 heterocycles. The Hall–Kier alpha value is -3.30. The lowest BCUT2D eigenvalue weighted by atomic mass is 9.93. The number of hydrogen-bond acceptors (Lipinski definition) is 7. The van der Waals surface area contributed by atoms with Crippen LogP contribution in [0.25, 0.3) is 10.9 Å². The number of aromatic nitrogens is 2. The van der Waals surface area contributed by atoms with Gasteiger partial charge in [0.2, 0.25) is 5.91 Å². The molecule has 0 aliphatic carbocycles. The summed E-state index contributed by atoms with van der Waals surface area (Å²) in [6.07, 6.45) is 4.02. The highest BCUT2D eigenvalue weighted by molar-refractivity contribution is 5.93. The Morgan fingerprint density at radius 2 is 1.85 bits per heavy atom. The number of nitrogens with zero attached hydrogens (tertiary/aromatic N) is 3. The lowest BCUT2D eigenvalue weighted by molar-refractivity contribution is -0.117. The predicted octanol–water partition coefficient (Wildman–Crippen LogP) is 4.21. The summed E-state index contributed by atoms with van der Waals surface area (Å²) in [5, 5.41) is 6.38. The van der Waals surface area contributed by atoms with Gasteiger partial charge < -0.3 is 25.0 Å². The van der Waals surface area contributed by atoms with E-state index in [4.69, 9.17) is 9.47 Å². The third kappa shape index (κ3) is 6.18. The van der Waals surface area contributed by atoms with E-state index in [1.54, 1.807) is 13.2 Å². The molecule has 8 nitrogen and oxygen atoms in total. The van der Waals surface area contributed by atoms with Gasteiger partial charge in [0.1, 0.15) is 30.3 Å². The van der Waals surface area contributed by atoms with Gasteiger partial charge in [0.15, 0.2) is 0 Å². The molecule has 9 heteroatoms. The van der Waals surface area contributed by atoms with Gasteiger partial charge in [-0.25, -0.2) is 14.4 Å². The highest BCUT2D eigenvalue weighted by Crippen LogP contribution is 2.29. The van der Waals surface area contributed by atoms with Crippen LogP contribution in [0, 0.1) is 11.7 Å². The number of halogens is 1. The molecule has 1 aliphatic heterocycles. The molecule has 4 rings (SSSR count). The van der Waals surface area contributed by atoms with E-state index in [0.29, 0.717) is 48.3 Å². The van der Waals surface area contributed by atoms with E-state index < -0.39 is 5.82 Å². The fraction of sp³-hybridized carbons (Fsp3) is 0.400. The number of benzene rings is 2. The summed E-state index contributed by atoms with van der Waals surface area (Å²) in [7, 11) is 3.69. The number of anilines is 3. The highest BCUT2D eigenvalue weighted by Gasteiger charge is 2.19. The van der Waals surface area contributed by atoms with Gasteiger partial charge in [0.25, 0.3) is 0 Å². The van der Waals surface area contributed by atoms with Crippen LogP contribution in [0.2, 0.25) is 0 Å². The molecule has 0 bridgehead atoms. The topological polar surface area (TPSA) is 88.6 Å².